The predicted octanol–water partition coefficient (Wildman–Crippen LogP) is 0.530. The van der Waals surface area contributed by atoms with Crippen molar-refractivity contribution < 1.29 is 24.2 Å². The lowest BCUT2D eigenvalue weighted by Gasteiger charge is -2.23. The minimum absolute atomic E-state index is 0.129. The molecule has 1 aromatic carbocycles. The summed E-state index contributed by atoms with van der Waals surface area (Å²) in [6.45, 7) is 1.96. The fourth-order valence-electron chi connectivity index (χ4n) is 1.73. The number of hydrogen-bond donors (Lipinski definition) is 2. The van der Waals surface area contributed by atoms with Crippen LogP contribution in [0.2, 0.25) is 0 Å². The van der Waals surface area contributed by atoms with Gasteiger partial charge < -0.3 is 19.9 Å². The first kappa shape index (κ1) is 13.5. The Bertz CT molecular complexity index is 451. The van der Waals surface area contributed by atoms with E-state index in [-0.39, 0.29) is 17.6 Å². The number of carbonyl (C=O) groups excluding carboxylic acids is 1. The molecule has 2 N–H and O–H groups in total. The molecule has 1 amide bonds. The van der Waals surface area contributed by atoms with E-state index >= 15 is 0 Å². The van der Waals surface area contributed by atoms with Gasteiger partial charge in [0.2, 0.25) is 0 Å². The van der Waals surface area contributed by atoms with Gasteiger partial charge in [0, 0.05) is 12.1 Å². The first-order chi connectivity index (χ1) is 9.16. The second-order valence-electron chi connectivity index (χ2n) is 4.16. The van der Waals surface area contributed by atoms with Crippen molar-refractivity contribution in [2.45, 2.75) is 6.10 Å². The molecule has 1 aliphatic heterocycles. The molecule has 0 spiro atoms. The molecule has 0 bridgehead atoms. The summed E-state index contributed by atoms with van der Waals surface area (Å²) in [7, 11) is 0. The highest BCUT2D eigenvalue weighted by molar-refractivity contribution is 5.95. The van der Waals surface area contributed by atoms with E-state index in [9.17, 15) is 9.59 Å². The van der Waals surface area contributed by atoms with Crippen LogP contribution < -0.4 is 5.32 Å². The van der Waals surface area contributed by atoms with Gasteiger partial charge in [-0.2, -0.15) is 0 Å². The summed E-state index contributed by atoms with van der Waals surface area (Å²) in [5.74, 6) is -1.27. The second kappa shape index (κ2) is 6.31. The zero-order valence-electron chi connectivity index (χ0n) is 10.3. The number of rotatable bonds is 4. The zero-order valence-corrected chi connectivity index (χ0v) is 10.3. The molecule has 1 fully saturated rings. The van der Waals surface area contributed by atoms with Crippen LogP contribution in [-0.2, 0) is 9.47 Å². The third-order valence-electron chi connectivity index (χ3n) is 2.77. The Morgan fingerprint density at radius 1 is 1.21 bits per heavy atom. The molecule has 1 aromatic rings. The maximum atomic E-state index is 11.8. The van der Waals surface area contributed by atoms with Gasteiger partial charge in [-0.15, -0.1) is 0 Å². The van der Waals surface area contributed by atoms with Crippen molar-refractivity contribution >= 4 is 11.9 Å². The van der Waals surface area contributed by atoms with Gasteiger partial charge in [-0.1, -0.05) is 0 Å². The lowest BCUT2D eigenvalue weighted by molar-refractivity contribution is -0.0855. The third kappa shape index (κ3) is 3.77. The van der Waals surface area contributed by atoms with E-state index in [1.807, 2.05) is 0 Å². The topological polar surface area (TPSA) is 84.9 Å². The van der Waals surface area contributed by atoms with Gasteiger partial charge in [-0.05, 0) is 24.3 Å². The van der Waals surface area contributed by atoms with Gasteiger partial charge in [-0.3, -0.25) is 4.79 Å². The SMILES string of the molecule is O=C(O)c1ccc(C(=O)NC[C@@H]2COCCO2)cc1. The van der Waals surface area contributed by atoms with E-state index in [0.717, 1.165) is 0 Å². The molecule has 0 radical (unpaired) electrons. The molecule has 1 saturated heterocycles. The lowest BCUT2D eigenvalue weighted by atomic mass is 10.1. The van der Waals surface area contributed by atoms with E-state index in [1.165, 1.54) is 24.3 Å². The average molecular weight is 265 g/mol. The van der Waals surface area contributed by atoms with Crippen molar-refractivity contribution in [1.82, 2.24) is 5.32 Å². The summed E-state index contributed by atoms with van der Waals surface area (Å²) in [5.41, 5.74) is 0.572. The largest absolute Gasteiger partial charge is 0.478 e. The highest BCUT2D eigenvalue weighted by Crippen LogP contribution is 2.05. The summed E-state index contributed by atoms with van der Waals surface area (Å²) in [4.78, 5) is 22.5. The third-order valence-corrected chi connectivity index (χ3v) is 2.77. The monoisotopic (exact) mass is 265 g/mol. The predicted molar refractivity (Wildman–Crippen MR) is 66.3 cm³/mol. The number of carboxylic acid groups (broad SMARTS) is 1. The molecule has 1 atom stereocenters. The molecule has 1 heterocycles. The number of nitrogens with one attached hydrogen (secondary N) is 1. The number of benzene rings is 1. The number of carboxylic acids is 1. The summed E-state index contributed by atoms with van der Waals surface area (Å²) < 4.78 is 10.6. The number of aromatic carboxylic acids is 1. The van der Waals surface area contributed by atoms with Crippen LogP contribution in [-0.4, -0.2) is 49.5 Å². The van der Waals surface area contributed by atoms with Crippen molar-refractivity contribution in [3.63, 3.8) is 0 Å². The summed E-state index contributed by atoms with van der Waals surface area (Å²) in [5, 5.41) is 11.5. The molecule has 2 rings (SSSR count). The van der Waals surface area contributed by atoms with Crippen LogP contribution in [0.3, 0.4) is 0 Å². The van der Waals surface area contributed by atoms with Crippen molar-refractivity contribution in [2.24, 2.45) is 0 Å². The van der Waals surface area contributed by atoms with Crippen molar-refractivity contribution in [3.8, 4) is 0 Å². The van der Waals surface area contributed by atoms with Crippen molar-refractivity contribution in [3.05, 3.63) is 35.4 Å². The van der Waals surface area contributed by atoms with E-state index < -0.39 is 5.97 Å². The second-order valence-corrected chi connectivity index (χ2v) is 4.16. The fraction of sp³-hybridized carbons (Fsp3) is 0.385. The summed E-state index contributed by atoms with van der Waals surface area (Å²) in [6.07, 6.45) is -0.129. The molecular weight excluding hydrogens is 250 g/mol. The summed E-state index contributed by atoms with van der Waals surface area (Å²) >= 11 is 0. The maximum absolute atomic E-state index is 11.8. The molecule has 0 aromatic heterocycles. The Morgan fingerprint density at radius 2 is 1.89 bits per heavy atom. The zero-order chi connectivity index (χ0) is 13.7. The van der Waals surface area contributed by atoms with Gasteiger partial charge in [-0.25, -0.2) is 4.79 Å². The Balaban J connectivity index is 1.86. The first-order valence-corrected chi connectivity index (χ1v) is 5.97. The molecule has 6 nitrogen and oxygen atoms in total. The van der Waals surface area contributed by atoms with Gasteiger partial charge in [0.05, 0.1) is 31.5 Å². The Kier molecular flexibility index (Phi) is 4.48. The fourth-order valence-corrected chi connectivity index (χ4v) is 1.73. The van der Waals surface area contributed by atoms with E-state index in [0.29, 0.717) is 31.9 Å². The maximum Gasteiger partial charge on any atom is 0.335 e. The standard InChI is InChI=1S/C13H15NO5/c15-12(14-7-11-8-18-5-6-19-11)9-1-3-10(4-2-9)13(16)17/h1-4,11H,5-8H2,(H,14,15)(H,16,17)/t11-/m1/s1. The summed E-state index contributed by atoms with van der Waals surface area (Å²) in [6, 6.07) is 5.77. The smallest absolute Gasteiger partial charge is 0.335 e. The van der Waals surface area contributed by atoms with Crippen LogP contribution in [0.25, 0.3) is 0 Å². The van der Waals surface area contributed by atoms with Crippen LogP contribution >= 0.6 is 0 Å². The van der Waals surface area contributed by atoms with Crippen LogP contribution in [0.4, 0.5) is 0 Å². The van der Waals surface area contributed by atoms with Gasteiger partial charge in [0.15, 0.2) is 0 Å². The quantitative estimate of drug-likeness (QED) is 0.829. The Labute approximate surface area is 110 Å². The molecule has 6 heteroatoms. The van der Waals surface area contributed by atoms with E-state index in [2.05, 4.69) is 5.32 Å². The molecule has 0 aliphatic carbocycles. The highest BCUT2D eigenvalue weighted by atomic mass is 16.6. The molecule has 1 aliphatic rings. The minimum atomic E-state index is -1.01. The molecule has 102 valence electrons. The highest BCUT2D eigenvalue weighted by Gasteiger charge is 2.15. The molecule has 0 saturated carbocycles. The van der Waals surface area contributed by atoms with E-state index in [4.69, 9.17) is 14.6 Å². The van der Waals surface area contributed by atoms with Gasteiger partial charge >= 0.3 is 5.97 Å². The van der Waals surface area contributed by atoms with Gasteiger partial charge in [0.1, 0.15) is 0 Å². The number of hydrogen-bond acceptors (Lipinski definition) is 4. The minimum Gasteiger partial charge on any atom is -0.478 e. The lowest BCUT2D eigenvalue weighted by Crippen LogP contribution is -2.39. The van der Waals surface area contributed by atoms with Crippen molar-refractivity contribution in [2.75, 3.05) is 26.4 Å². The van der Waals surface area contributed by atoms with Crippen LogP contribution in [0.15, 0.2) is 24.3 Å². The number of ether oxygens (including phenoxy) is 2. The Hall–Kier alpha value is -1.92. The average Bonchev–Trinajstić information content (AvgIpc) is 2.46. The molecule has 19 heavy (non-hydrogen) atoms. The first-order valence-electron chi connectivity index (χ1n) is 5.97. The number of carbonyl (C=O) groups is 2. The molecular formula is C13H15NO5. The normalized spacial score (nSPS) is 18.8. The van der Waals surface area contributed by atoms with E-state index in [1.54, 1.807) is 0 Å². The molecule has 0 unspecified atom stereocenters. The Morgan fingerprint density at radius 3 is 2.47 bits per heavy atom. The van der Waals surface area contributed by atoms with Crippen LogP contribution in [0, 0.1) is 0 Å². The van der Waals surface area contributed by atoms with Gasteiger partial charge in [0.25, 0.3) is 5.91 Å². The van der Waals surface area contributed by atoms with Crippen LogP contribution in [0.5, 0.6) is 0 Å². The van der Waals surface area contributed by atoms with Crippen LogP contribution in [0.1, 0.15) is 20.7 Å². The van der Waals surface area contributed by atoms with Crippen molar-refractivity contribution in [1.29, 1.82) is 0 Å². The number of amides is 1.